The SMILES string of the molecule is Cc1ccc(NC(=O)c2cnn(-c3ccc(=O)[nH]n3)c2C)cc1NC(=O)C(C)(C)C. The number of benzene rings is 1. The van der Waals surface area contributed by atoms with Crippen LogP contribution in [0.15, 0.2) is 41.3 Å². The Hall–Kier alpha value is -3.75. The first-order valence-electron chi connectivity index (χ1n) is 9.40. The van der Waals surface area contributed by atoms with Crippen molar-refractivity contribution in [2.45, 2.75) is 34.6 Å². The Morgan fingerprint density at radius 1 is 1.07 bits per heavy atom. The van der Waals surface area contributed by atoms with Crippen molar-refractivity contribution in [1.29, 1.82) is 0 Å². The van der Waals surface area contributed by atoms with Gasteiger partial charge in [0.1, 0.15) is 0 Å². The highest BCUT2D eigenvalue weighted by atomic mass is 16.2. The number of aromatic nitrogens is 4. The summed E-state index contributed by atoms with van der Waals surface area (Å²) in [5.41, 5.74) is 2.15. The number of rotatable bonds is 4. The van der Waals surface area contributed by atoms with Gasteiger partial charge in [0.15, 0.2) is 5.82 Å². The molecule has 0 saturated heterocycles. The second-order valence-corrected chi connectivity index (χ2v) is 8.02. The van der Waals surface area contributed by atoms with Crippen molar-refractivity contribution >= 4 is 23.2 Å². The maximum Gasteiger partial charge on any atom is 0.264 e. The molecule has 2 amide bonds. The largest absolute Gasteiger partial charge is 0.325 e. The van der Waals surface area contributed by atoms with E-state index in [-0.39, 0.29) is 17.4 Å². The van der Waals surface area contributed by atoms with Crippen LogP contribution in [-0.2, 0) is 4.79 Å². The number of nitrogens with one attached hydrogen (secondary N) is 3. The maximum atomic E-state index is 12.8. The van der Waals surface area contributed by atoms with Gasteiger partial charge in [-0.1, -0.05) is 26.8 Å². The van der Waals surface area contributed by atoms with Crippen molar-refractivity contribution in [2.75, 3.05) is 10.6 Å². The summed E-state index contributed by atoms with van der Waals surface area (Å²) in [7, 11) is 0. The summed E-state index contributed by atoms with van der Waals surface area (Å²) in [5, 5.41) is 16.2. The Balaban J connectivity index is 1.81. The van der Waals surface area contributed by atoms with E-state index in [1.807, 2.05) is 33.8 Å². The lowest BCUT2D eigenvalue weighted by molar-refractivity contribution is -0.123. The van der Waals surface area contributed by atoms with Crippen molar-refractivity contribution in [3.63, 3.8) is 0 Å². The molecule has 156 valence electrons. The Morgan fingerprint density at radius 3 is 2.43 bits per heavy atom. The van der Waals surface area contributed by atoms with Gasteiger partial charge in [-0.25, -0.2) is 9.78 Å². The van der Waals surface area contributed by atoms with Gasteiger partial charge in [0.25, 0.3) is 11.5 Å². The van der Waals surface area contributed by atoms with Gasteiger partial charge in [0.05, 0.1) is 17.5 Å². The summed E-state index contributed by atoms with van der Waals surface area (Å²) in [5.74, 6) is -0.0617. The zero-order valence-corrected chi connectivity index (χ0v) is 17.5. The minimum Gasteiger partial charge on any atom is -0.325 e. The molecule has 0 saturated carbocycles. The minimum atomic E-state index is -0.535. The number of carbonyl (C=O) groups is 2. The summed E-state index contributed by atoms with van der Waals surface area (Å²) in [6.07, 6.45) is 1.44. The molecule has 3 rings (SSSR count). The minimum absolute atomic E-state index is 0.111. The first-order chi connectivity index (χ1) is 14.1. The molecule has 0 fully saturated rings. The quantitative estimate of drug-likeness (QED) is 0.613. The number of carbonyl (C=O) groups excluding carboxylic acids is 2. The van der Waals surface area contributed by atoms with Crippen LogP contribution in [0.2, 0.25) is 0 Å². The lowest BCUT2D eigenvalue weighted by Gasteiger charge is -2.19. The van der Waals surface area contributed by atoms with E-state index in [9.17, 15) is 14.4 Å². The molecule has 2 heterocycles. The number of amides is 2. The Labute approximate surface area is 173 Å². The van der Waals surface area contributed by atoms with Gasteiger partial charge in [-0.3, -0.25) is 14.4 Å². The number of anilines is 2. The van der Waals surface area contributed by atoms with E-state index in [0.29, 0.717) is 28.5 Å². The first-order valence-corrected chi connectivity index (χ1v) is 9.40. The smallest absolute Gasteiger partial charge is 0.264 e. The highest BCUT2D eigenvalue weighted by Crippen LogP contribution is 2.24. The molecular formula is C21H24N6O3. The lowest BCUT2D eigenvalue weighted by Crippen LogP contribution is -2.28. The number of nitrogens with zero attached hydrogens (tertiary/aromatic N) is 3. The monoisotopic (exact) mass is 408 g/mol. The molecule has 3 aromatic rings. The normalized spacial score (nSPS) is 11.2. The van der Waals surface area contributed by atoms with Gasteiger partial charge >= 0.3 is 0 Å². The second-order valence-electron chi connectivity index (χ2n) is 8.02. The zero-order chi connectivity index (χ0) is 22.1. The fourth-order valence-corrected chi connectivity index (χ4v) is 2.66. The van der Waals surface area contributed by atoms with E-state index in [1.165, 1.54) is 23.0 Å². The highest BCUT2D eigenvalue weighted by Gasteiger charge is 2.22. The van der Waals surface area contributed by atoms with E-state index in [2.05, 4.69) is 25.9 Å². The maximum absolute atomic E-state index is 12.8. The lowest BCUT2D eigenvalue weighted by atomic mass is 9.95. The Kier molecular flexibility index (Phi) is 5.55. The topological polar surface area (TPSA) is 122 Å². The van der Waals surface area contributed by atoms with Crippen LogP contribution in [0.25, 0.3) is 5.82 Å². The third kappa shape index (κ3) is 4.45. The van der Waals surface area contributed by atoms with Crippen LogP contribution in [0.4, 0.5) is 11.4 Å². The van der Waals surface area contributed by atoms with E-state index in [4.69, 9.17) is 0 Å². The van der Waals surface area contributed by atoms with Gasteiger partial charge in [-0.15, -0.1) is 0 Å². The molecule has 0 radical (unpaired) electrons. The molecule has 0 aliphatic rings. The average Bonchev–Trinajstić information content (AvgIpc) is 3.06. The van der Waals surface area contributed by atoms with Crippen LogP contribution in [0, 0.1) is 19.3 Å². The van der Waals surface area contributed by atoms with Gasteiger partial charge < -0.3 is 10.6 Å². The Bertz CT molecular complexity index is 1150. The van der Waals surface area contributed by atoms with Gasteiger partial charge in [-0.05, 0) is 37.6 Å². The third-order valence-electron chi connectivity index (χ3n) is 4.56. The summed E-state index contributed by atoms with van der Waals surface area (Å²) in [6.45, 7) is 9.12. The molecule has 3 N–H and O–H groups in total. The molecule has 9 heteroatoms. The predicted molar refractivity (Wildman–Crippen MR) is 114 cm³/mol. The molecule has 1 aromatic carbocycles. The van der Waals surface area contributed by atoms with Crippen LogP contribution < -0.4 is 16.2 Å². The number of aromatic amines is 1. The van der Waals surface area contributed by atoms with Crippen molar-refractivity contribution in [1.82, 2.24) is 20.0 Å². The standard InChI is InChI=1S/C21H24N6O3/c1-12-6-7-14(10-16(12)24-20(30)21(3,4)5)23-19(29)15-11-22-27(13(15)2)17-8-9-18(28)26-25-17/h6-11H,1-5H3,(H,23,29)(H,24,30)(H,26,28). The molecule has 0 atom stereocenters. The van der Waals surface area contributed by atoms with Crippen molar-refractivity contribution in [2.24, 2.45) is 5.41 Å². The number of H-pyrrole nitrogens is 1. The van der Waals surface area contributed by atoms with E-state index >= 15 is 0 Å². The van der Waals surface area contributed by atoms with Crippen molar-refractivity contribution in [3.05, 3.63) is 63.7 Å². The predicted octanol–water partition coefficient (Wildman–Crippen LogP) is 2.81. The average molecular weight is 408 g/mol. The number of aryl methyl sites for hydroxylation is 1. The first kappa shape index (κ1) is 21.0. The molecule has 0 aliphatic heterocycles. The van der Waals surface area contributed by atoms with E-state index in [0.717, 1.165) is 5.56 Å². The molecule has 0 spiro atoms. The van der Waals surface area contributed by atoms with Crippen LogP contribution in [0.3, 0.4) is 0 Å². The Morgan fingerprint density at radius 2 is 1.80 bits per heavy atom. The van der Waals surface area contributed by atoms with E-state index < -0.39 is 5.41 Å². The molecule has 30 heavy (non-hydrogen) atoms. The summed E-state index contributed by atoms with van der Waals surface area (Å²) >= 11 is 0. The fourth-order valence-electron chi connectivity index (χ4n) is 2.66. The van der Waals surface area contributed by atoms with Gasteiger partial charge in [-0.2, -0.15) is 10.2 Å². The van der Waals surface area contributed by atoms with Crippen LogP contribution >= 0.6 is 0 Å². The molecule has 0 bridgehead atoms. The highest BCUT2D eigenvalue weighted by molar-refractivity contribution is 6.05. The fraction of sp³-hybridized carbons (Fsp3) is 0.286. The van der Waals surface area contributed by atoms with Gasteiger partial charge in [0.2, 0.25) is 5.91 Å². The molecule has 9 nitrogen and oxygen atoms in total. The molecule has 2 aromatic heterocycles. The number of hydrogen-bond donors (Lipinski definition) is 3. The molecular weight excluding hydrogens is 384 g/mol. The summed E-state index contributed by atoms with van der Waals surface area (Å²) < 4.78 is 1.47. The number of hydrogen-bond acceptors (Lipinski definition) is 5. The molecule has 0 unspecified atom stereocenters. The third-order valence-corrected chi connectivity index (χ3v) is 4.56. The van der Waals surface area contributed by atoms with Crippen molar-refractivity contribution in [3.8, 4) is 5.82 Å². The van der Waals surface area contributed by atoms with Crippen LogP contribution in [0.5, 0.6) is 0 Å². The van der Waals surface area contributed by atoms with Crippen LogP contribution in [0.1, 0.15) is 42.4 Å². The summed E-state index contributed by atoms with van der Waals surface area (Å²) in [4.78, 5) is 36.3. The second kappa shape index (κ2) is 7.94. The van der Waals surface area contributed by atoms with Crippen LogP contribution in [-0.4, -0.2) is 31.8 Å². The molecule has 0 aliphatic carbocycles. The summed E-state index contributed by atoms with van der Waals surface area (Å²) in [6, 6.07) is 8.17. The van der Waals surface area contributed by atoms with Crippen molar-refractivity contribution < 1.29 is 9.59 Å². The van der Waals surface area contributed by atoms with E-state index in [1.54, 1.807) is 19.1 Å². The van der Waals surface area contributed by atoms with Gasteiger partial charge in [0, 0.05) is 22.9 Å². The zero-order valence-electron chi connectivity index (χ0n) is 17.5.